The van der Waals surface area contributed by atoms with Crippen LogP contribution in [0.1, 0.15) is 43.9 Å². The van der Waals surface area contributed by atoms with Gasteiger partial charge in [-0.05, 0) is 31.4 Å². The Morgan fingerprint density at radius 2 is 2.17 bits per heavy atom. The lowest BCUT2D eigenvalue weighted by Crippen LogP contribution is -2.41. The number of amides is 1. The number of para-hydroxylation sites is 1. The summed E-state index contributed by atoms with van der Waals surface area (Å²) in [6.07, 6.45) is 3.61. The van der Waals surface area contributed by atoms with Gasteiger partial charge in [-0.1, -0.05) is 30.3 Å². The largest absolute Gasteiger partial charge is 0.484 e. The molecule has 1 aliphatic heterocycles. The zero-order chi connectivity index (χ0) is 16.1. The average Bonchev–Trinajstić information content (AvgIpc) is 3.09. The Labute approximate surface area is 135 Å². The number of ether oxygens (including phenoxy) is 1. The van der Waals surface area contributed by atoms with Gasteiger partial charge in [0.15, 0.2) is 12.4 Å². The van der Waals surface area contributed by atoms with E-state index in [1.807, 2.05) is 37.3 Å². The van der Waals surface area contributed by atoms with E-state index in [0.717, 1.165) is 25.7 Å². The summed E-state index contributed by atoms with van der Waals surface area (Å²) in [7, 11) is 0. The molecule has 1 saturated heterocycles. The molecule has 1 aliphatic rings. The normalized spacial score (nSPS) is 18.0. The molecule has 6 nitrogen and oxygen atoms in total. The molecule has 0 unspecified atom stereocenters. The van der Waals surface area contributed by atoms with E-state index in [9.17, 15) is 4.79 Å². The Hall–Kier alpha value is -2.37. The second-order valence-corrected chi connectivity index (χ2v) is 5.60. The van der Waals surface area contributed by atoms with Gasteiger partial charge in [-0.25, -0.2) is 0 Å². The minimum atomic E-state index is -0.136. The van der Waals surface area contributed by atoms with E-state index in [2.05, 4.69) is 10.1 Å². The lowest BCUT2D eigenvalue weighted by molar-refractivity contribution is -0.138. The highest BCUT2D eigenvalue weighted by Crippen LogP contribution is 2.30. The smallest absolute Gasteiger partial charge is 0.261 e. The summed E-state index contributed by atoms with van der Waals surface area (Å²) in [6.45, 7) is 2.70. The van der Waals surface area contributed by atoms with Gasteiger partial charge in [0.2, 0.25) is 5.89 Å². The number of nitrogens with zero attached hydrogens (tertiary/aromatic N) is 3. The van der Waals surface area contributed by atoms with Crippen molar-refractivity contribution in [2.75, 3.05) is 13.2 Å². The van der Waals surface area contributed by atoms with Crippen molar-refractivity contribution in [3.05, 3.63) is 42.0 Å². The van der Waals surface area contributed by atoms with Gasteiger partial charge in [-0.3, -0.25) is 4.79 Å². The minimum Gasteiger partial charge on any atom is -0.484 e. The first-order valence-corrected chi connectivity index (χ1v) is 8.07. The van der Waals surface area contributed by atoms with Crippen LogP contribution < -0.4 is 4.74 Å². The molecular formula is C17H21N3O3. The molecule has 1 amide bonds. The third-order valence-corrected chi connectivity index (χ3v) is 4.01. The number of carbonyl (C=O) groups is 1. The summed E-state index contributed by atoms with van der Waals surface area (Å²) in [5, 5.41) is 3.94. The predicted octanol–water partition coefficient (Wildman–Crippen LogP) is 2.76. The van der Waals surface area contributed by atoms with Crippen LogP contribution in [0.2, 0.25) is 0 Å². The maximum Gasteiger partial charge on any atom is 0.261 e. The van der Waals surface area contributed by atoms with Gasteiger partial charge in [0.1, 0.15) is 11.8 Å². The molecule has 3 rings (SSSR count). The van der Waals surface area contributed by atoms with Crippen molar-refractivity contribution in [3.63, 3.8) is 0 Å². The topological polar surface area (TPSA) is 68.5 Å². The van der Waals surface area contributed by atoms with Gasteiger partial charge < -0.3 is 14.2 Å². The van der Waals surface area contributed by atoms with E-state index in [1.165, 1.54) is 0 Å². The maximum atomic E-state index is 12.5. The van der Waals surface area contributed by atoms with Crippen LogP contribution in [-0.2, 0) is 11.2 Å². The number of aryl methyl sites for hydroxylation is 1. The number of carbonyl (C=O) groups excluding carboxylic acids is 1. The molecule has 0 bridgehead atoms. The molecule has 2 heterocycles. The van der Waals surface area contributed by atoms with Gasteiger partial charge >= 0.3 is 0 Å². The standard InChI is InChI=1S/C17H21N3O3/c1-2-15-18-17(23-19-15)14-10-6-7-11-20(14)16(21)12-22-13-8-4-3-5-9-13/h3-5,8-9,14H,2,6-7,10-12H2,1H3/t14-/m0/s1. The molecule has 122 valence electrons. The van der Waals surface area contributed by atoms with Crippen molar-refractivity contribution in [2.24, 2.45) is 0 Å². The average molecular weight is 315 g/mol. The second kappa shape index (κ2) is 7.26. The lowest BCUT2D eigenvalue weighted by Gasteiger charge is -2.33. The zero-order valence-corrected chi connectivity index (χ0v) is 13.3. The van der Waals surface area contributed by atoms with Crippen LogP contribution in [0.3, 0.4) is 0 Å². The first kappa shape index (κ1) is 15.5. The SMILES string of the molecule is CCc1noc([C@@H]2CCCCN2C(=O)COc2ccccc2)n1. The zero-order valence-electron chi connectivity index (χ0n) is 13.3. The Kier molecular flexibility index (Phi) is 4.90. The van der Waals surface area contributed by atoms with Crippen molar-refractivity contribution >= 4 is 5.91 Å². The summed E-state index contributed by atoms with van der Waals surface area (Å²) in [4.78, 5) is 18.7. The molecule has 1 aromatic heterocycles. The summed E-state index contributed by atoms with van der Waals surface area (Å²) in [5.41, 5.74) is 0. The van der Waals surface area contributed by atoms with E-state index in [-0.39, 0.29) is 18.6 Å². The van der Waals surface area contributed by atoms with E-state index in [0.29, 0.717) is 24.0 Å². The molecule has 0 saturated carbocycles. The van der Waals surface area contributed by atoms with E-state index >= 15 is 0 Å². The molecule has 1 aromatic carbocycles. The summed E-state index contributed by atoms with van der Waals surface area (Å²) in [5.74, 6) is 1.86. The monoisotopic (exact) mass is 315 g/mol. The number of benzene rings is 1. The van der Waals surface area contributed by atoms with Crippen molar-refractivity contribution in [3.8, 4) is 5.75 Å². The van der Waals surface area contributed by atoms with Crippen LogP contribution in [0.5, 0.6) is 5.75 Å². The van der Waals surface area contributed by atoms with Gasteiger partial charge in [-0.2, -0.15) is 4.98 Å². The quantitative estimate of drug-likeness (QED) is 0.848. The number of rotatable bonds is 5. The molecular weight excluding hydrogens is 294 g/mol. The summed E-state index contributed by atoms with van der Waals surface area (Å²) >= 11 is 0. The van der Waals surface area contributed by atoms with E-state index in [4.69, 9.17) is 9.26 Å². The fourth-order valence-electron chi connectivity index (χ4n) is 2.78. The Morgan fingerprint density at radius 1 is 1.35 bits per heavy atom. The molecule has 23 heavy (non-hydrogen) atoms. The number of likely N-dealkylation sites (tertiary alicyclic amines) is 1. The minimum absolute atomic E-state index is 0.0231. The highest BCUT2D eigenvalue weighted by atomic mass is 16.5. The summed E-state index contributed by atoms with van der Waals surface area (Å²) in [6, 6.07) is 9.22. The van der Waals surface area contributed by atoms with Gasteiger partial charge in [0.25, 0.3) is 5.91 Å². The highest BCUT2D eigenvalue weighted by molar-refractivity contribution is 5.78. The lowest BCUT2D eigenvalue weighted by atomic mass is 10.0. The van der Waals surface area contributed by atoms with Crippen LogP contribution >= 0.6 is 0 Å². The van der Waals surface area contributed by atoms with E-state index < -0.39 is 0 Å². The first-order valence-electron chi connectivity index (χ1n) is 8.07. The molecule has 1 atom stereocenters. The number of hydrogen-bond donors (Lipinski definition) is 0. The number of aromatic nitrogens is 2. The van der Waals surface area contributed by atoms with Gasteiger partial charge in [0, 0.05) is 13.0 Å². The molecule has 1 fully saturated rings. The maximum absolute atomic E-state index is 12.5. The predicted molar refractivity (Wildman–Crippen MR) is 83.9 cm³/mol. The third-order valence-electron chi connectivity index (χ3n) is 4.01. The van der Waals surface area contributed by atoms with Gasteiger partial charge in [-0.15, -0.1) is 0 Å². The van der Waals surface area contributed by atoms with E-state index in [1.54, 1.807) is 4.90 Å². The van der Waals surface area contributed by atoms with Crippen LogP contribution in [0.4, 0.5) is 0 Å². The van der Waals surface area contributed by atoms with Crippen LogP contribution in [0.25, 0.3) is 0 Å². The van der Waals surface area contributed by atoms with Crippen molar-refractivity contribution < 1.29 is 14.1 Å². The van der Waals surface area contributed by atoms with Crippen molar-refractivity contribution in [1.29, 1.82) is 0 Å². The van der Waals surface area contributed by atoms with Crippen molar-refractivity contribution in [2.45, 2.75) is 38.6 Å². The highest BCUT2D eigenvalue weighted by Gasteiger charge is 2.32. The number of piperidine rings is 1. The number of hydrogen-bond acceptors (Lipinski definition) is 5. The van der Waals surface area contributed by atoms with Gasteiger partial charge in [0.05, 0.1) is 0 Å². The Morgan fingerprint density at radius 3 is 2.91 bits per heavy atom. The fraction of sp³-hybridized carbons (Fsp3) is 0.471. The molecule has 0 radical (unpaired) electrons. The second-order valence-electron chi connectivity index (χ2n) is 5.60. The Balaban J connectivity index is 1.66. The molecule has 2 aromatic rings. The fourth-order valence-corrected chi connectivity index (χ4v) is 2.78. The van der Waals surface area contributed by atoms with Crippen molar-refractivity contribution in [1.82, 2.24) is 15.0 Å². The van der Waals surface area contributed by atoms with Crippen LogP contribution in [-0.4, -0.2) is 34.1 Å². The van der Waals surface area contributed by atoms with Crippen LogP contribution in [0, 0.1) is 0 Å². The molecule has 0 aliphatic carbocycles. The third kappa shape index (κ3) is 3.70. The molecule has 0 N–H and O–H groups in total. The molecule has 6 heteroatoms. The Bertz CT molecular complexity index is 642. The van der Waals surface area contributed by atoms with Crippen LogP contribution in [0.15, 0.2) is 34.9 Å². The molecule has 0 spiro atoms. The summed E-state index contributed by atoms with van der Waals surface area (Å²) < 4.78 is 10.9. The first-order chi connectivity index (χ1) is 11.3.